The van der Waals surface area contributed by atoms with E-state index in [4.69, 9.17) is 5.26 Å². The van der Waals surface area contributed by atoms with Gasteiger partial charge in [-0.15, -0.1) is 0 Å². The van der Waals surface area contributed by atoms with Crippen LogP contribution in [-0.2, 0) is 0 Å². The Morgan fingerprint density at radius 2 is 2.11 bits per heavy atom. The molecule has 3 nitrogen and oxygen atoms in total. The molecule has 0 aliphatic heterocycles. The number of aromatic nitrogens is 1. The summed E-state index contributed by atoms with van der Waals surface area (Å²) in [6.45, 7) is 10.1. The summed E-state index contributed by atoms with van der Waals surface area (Å²) in [5.41, 5.74) is 2.06. The van der Waals surface area contributed by atoms with Crippen LogP contribution >= 0.6 is 0 Å². The molecule has 0 spiro atoms. The van der Waals surface area contributed by atoms with Gasteiger partial charge in [-0.2, -0.15) is 5.26 Å². The van der Waals surface area contributed by atoms with Gasteiger partial charge in [-0.05, 0) is 51.2 Å². The third-order valence-electron chi connectivity index (χ3n) is 2.79. The second kappa shape index (κ2) is 9.61. The predicted molar refractivity (Wildman–Crippen MR) is 76.5 cm³/mol. The van der Waals surface area contributed by atoms with Crippen molar-refractivity contribution in [1.29, 1.82) is 5.26 Å². The van der Waals surface area contributed by atoms with E-state index in [0.29, 0.717) is 0 Å². The van der Waals surface area contributed by atoms with Gasteiger partial charge in [0, 0.05) is 6.20 Å². The van der Waals surface area contributed by atoms with Crippen LogP contribution in [0.2, 0.25) is 0 Å². The van der Waals surface area contributed by atoms with Crippen molar-refractivity contribution in [1.82, 2.24) is 9.88 Å². The maximum absolute atomic E-state index is 9.15. The maximum Gasteiger partial charge on any atom is 0.0897 e. The van der Waals surface area contributed by atoms with Crippen LogP contribution in [0.3, 0.4) is 0 Å². The summed E-state index contributed by atoms with van der Waals surface area (Å²) in [7, 11) is 2.07. The standard InChI is InChI=1S/C13H19N3.C2H6/c1-4-16(3)8-6-12(10-14)13-9-11(2)5-7-15-13;1-2/h5,7,9,12H,4,6,8H2,1-3H3;1-2H3. The lowest BCUT2D eigenvalue weighted by atomic mass is 10.0. The first-order chi connectivity index (χ1) is 8.67. The minimum atomic E-state index is -0.0890. The summed E-state index contributed by atoms with van der Waals surface area (Å²) >= 11 is 0. The second-order valence-electron chi connectivity index (χ2n) is 4.12. The first-order valence-electron chi connectivity index (χ1n) is 6.68. The maximum atomic E-state index is 9.15. The molecule has 1 atom stereocenters. The first kappa shape index (κ1) is 16.6. The lowest BCUT2D eigenvalue weighted by molar-refractivity contribution is 0.342. The van der Waals surface area contributed by atoms with Crippen LogP contribution in [0.15, 0.2) is 18.3 Å². The lowest BCUT2D eigenvalue weighted by Gasteiger charge is -2.15. The van der Waals surface area contributed by atoms with Gasteiger partial charge in [-0.1, -0.05) is 20.8 Å². The molecule has 0 aliphatic rings. The van der Waals surface area contributed by atoms with E-state index in [1.807, 2.05) is 32.9 Å². The molecule has 0 bridgehead atoms. The van der Waals surface area contributed by atoms with Gasteiger partial charge in [0.05, 0.1) is 17.7 Å². The largest absolute Gasteiger partial charge is 0.307 e. The van der Waals surface area contributed by atoms with Gasteiger partial charge in [-0.25, -0.2) is 0 Å². The highest BCUT2D eigenvalue weighted by molar-refractivity contribution is 5.21. The molecular formula is C15H25N3. The van der Waals surface area contributed by atoms with Crippen LogP contribution in [0.1, 0.15) is 44.4 Å². The SMILES string of the molecule is CC.CCN(C)CCC(C#N)c1cc(C)ccn1. The average molecular weight is 247 g/mol. The molecule has 0 fully saturated rings. The quantitative estimate of drug-likeness (QED) is 0.801. The van der Waals surface area contributed by atoms with Crippen molar-refractivity contribution < 1.29 is 0 Å². The Hall–Kier alpha value is -1.40. The number of nitriles is 1. The fourth-order valence-electron chi connectivity index (χ4n) is 1.54. The van der Waals surface area contributed by atoms with Gasteiger partial charge < -0.3 is 4.90 Å². The molecule has 1 aromatic rings. The third-order valence-corrected chi connectivity index (χ3v) is 2.79. The molecule has 1 rings (SSSR count). The Morgan fingerprint density at radius 3 is 2.61 bits per heavy atom. The van der Waals surface area contributed by atoms with Crippen molar-refractivity contribution in [2.24, 2.45) is 0 Å². The van der Waals surface area contributed by atoms with Crippen LogP contribution in [0, 0.1) is 18.3 Å². The molecule has 18 heavy (non-hydrogen) atoms. The fraction of sp³-hybridized carbons (Fsp3) is 0.600. The van der Waals surface area contributed by atoms with Crippen molar-refractivity contribution in [3.05, 3.63) is 29.6 Å². The van der Waals surface area contributed by atoms with E-state index in [1.54, 1.807) is 6.20 Å². The first-order valence-corrected chi connectivity index (χ1v) is 6.68. The topological polar surface area (TPSA) is 39.9 Å². The molecule has 1 aromatic heterocycles. The van der Waals surface area contributed by atoms with E-state index in [0.717, 1.165) is 30.8 Å². The molecule has 0 saturated carbocycles. The summed E-state index contributed by atoms with van der Waals surface area (Å²) in [5.74, 6) is -0.0890. The Kier molecular flexibility index (Phi) is 8.86. The highest BCUT2D eigenvalue weighted by atomic mass is 15.1. The van der Waals surface area contributed by atoms with Gasteiger partial charge in [0.2, 0.25) is 0 Å². The highest BCUT2D eigenvalue weighted by Gasteiger charge is 2.12. The van der Waals surface area contributed by atoms with Crippen molar-refractivity contribution >= 4 is 0 Å². The molecule has 0 aromatic carbocycles. The molecule has 3 heteroatoms. The molecule has 0 saturated heterocycles. The number of hydrogen-bond acceptors (Lipinski definition) is 3. The van der Waals surface area contributed by atoms with Gasteiger partial charge >= 0.3 is 0 Å². The minimum absolute atomic E-state index is 0.0890. The summed E-state index contributed by atoms with van der Waals surface area (Å²) < 4.78 is 0. The Balaban J connectivity index is 0.00000137. The fourth-order valence-corrected chi connectivity index (χ4v) is 1.54. The van der Waals surface area contributed by atoms with Gasteiger partial charge in [0.25, 0.3) is 0 Å². The van der Waals surface area contributed by atoms with Crippen LogP contribution in [0.4, 0.5) is 0 Å². The van der Waals surface area contributed by atoms with E-state index in [-0.39, 0.29) is 5.92 Å². The van der Waals surface area contributed by atoms with Crippen LogP contribution in [0.25, 0.3) is 0 Å². The number of nitrogens with zero attached hydrogens (tertiary/aromatic N) is 3. The van der Waals surface area contributed by atoms with Crippen molar-refractivity contribution in [2.45, 2.75) is 40.0 Å². The third kappa shape index (κ3) is 5.79. The average Bonchev–Trinajstić information content (AvgIpc) is 2.41. The van der Waals surface area contributed by atoms with Crippen LogP contribution in [0.5, 0.6) is 0 Å². The predicted octanol–water partition coefficient (Wildman–Crippen LogP) is 3.37. The molecule has 0 N–H and O–H groups in total. The lowest BCUT2D eigenvalue weighted by Crippen LogP contribution is -2.20. The Labute approximate surface area is 111 Å². The van der Waals surface area contributed by atoms with E-state index in [1.165, 1.54) is 0 Å². The van der Waals surface area contributed by atoms with Crippen molar-refractivity contribution in [3.8, 4) is 6.07 Å². The number of pyridine rings is 1. The molecule has 100 valence electrons. The second-order valence-corrected chi connectivity index (χ2v) is 4.12. The summed E-state index contributed by atoms with van der Waals surface area (Å²) in [4.78, 5) is 6.48. The Morgan fingerprint density at radius 1 is 1.44 bits per heavy atom. The minimum Gasteiger partial charge on any atom is -0.307 e. The highest BCUT2D eigenvalue weighted by Crippen LogP contribution is 2.17. The molecular weight excluding hydrogens is 222 g/mol. The van der Waals surface area contributed by atoms with Gasteiger partial charge in [0.1, 0.15) is 0 Å². The molecule has 1 heterocycles. The van der Waals surface area contributed by atoms with Crippen molar-refractivity contribution in [2.75, 3.05) is 20.1 Å². The zero-order chi connectivity index (χ0) is 14.0. The molecule has 0 radical (unpaired) electrons. The van der Waals surface area contributed by atoms with Crippen LogP contribution in [-0.4, -0.2) is 30.0 Å². The summed E-state index contributed by atoms with van der Waals surface area (Å²) in [6, 6.07) is 6.29. The smallest absolute Gasteiger partial charge is 0.0897 e. The summed E-state index contributed by atoms with van der Waals surface area (Å²) in [6.07, 6.45) is 2.62. The van der Waals surface area contributed by atoms with E-state index >= 15 is 0 Å². The number of hydrogen-bond donors (Lipinski definition) is 0. The van der Waals surface area contributed by atoms with E-state index in [9.17, 15) is 0 Å². The molecule has 0 amide bonds. The monoisotopic (exact) mass is 247 g/mol. The number of aryl methyl sites for hydroxylation is 1. The zero-order valence-electron chi connectivity index (χ0n) is 12.3. The summed E-state index contributed by atoms with van der Waals surface area (Å²) in [5, 5.41) is 9.15. The Bertz CT molecular complexity index is 368. The molecule has 1 unspecified atom stereocenters. The van der Waals surface area contributed by atoms with Gasteiger partial charge in [0.15, 0.2) is 0 Å². The van der Waals surface area contributed by atoms with Crippen LogP contribution < -0.4 is 0 Å². The van der Waals surface area contributed by atoms with Crippen molar-refractivity contribution in [3.63, 3.8) is 0 Å². The molecule has 0 aliphatic carbocycles. The van der Waals surface area contributed by atoms with Gasteiger partial charge in [-0.3, -0.25) is 4.98 Å². The van der Waals surface area contributed by atoms with E-state index in [2.05, 4.69) is 29.9 Å². The van der Waals surface area contributed by atoms with E-state index < -0.39 is 0 Å². The zero-order valence-corrected chi connectivity index (χ0v) is 12.3. The number of rotatable bonds is 5. The normalized spacial score (nSPS) is 11.4.